The molecule has 1 saturated heterocycles. The van der Waals surface area contributed by atoms with Crippen molar-refractivity contribution in [3.63, 3.8) is 0 Å². The van der Waals surface area contributed by atoms with Crippen molar-refractivity contribution in [2.24, 2.45) is 0 Å². The summed E-state index contributed by atoms with van der Waals surface area (Å²) < 4.78 is 11.3. The quantitative estimate of drug-likeness (QED) is 0.650. The van der Waals surface area contributed by atoms with Gasteiger partial charge in [0.25, 0.3) is 0 Å². The minimum Gasteiger partial charge on any atom is -0.460 e. The van der Waals surface area contributed by atoms with Gasteiger partial charge in [-0.2, -0.15) is 5.10 Å². The molecule has 1 fully saturated rings. The summed E-state index contributed by atoms with van der Waals surface area (Å²) in [5.41, 5.74) is 2.07. The summed E-state index contributed by atoms with van der Waals surface area (Å²) in [4.78, 5) is 5.29. The van der Waals surface area contributed by atoms with Crippen molar-refractivity contribution in [1.29, 1.82) is 0 Å². The second-order valence-corrected chi connectivity index (χ2v) is 8.24. The summed E-state index contributed by atoms with van der Waals surface area (Å²) in [6, 6.07) is 8.80. The van der Waals surface area contributed by atoms with E-state index >= 15 is 0 Å². The lowest BCUT2D eigenvalue weighted by atomic mass is 10.1. The number of hydrogen-bond acceptors (Lipinski definition) is 6. The molecule has 0 bridgehead atoms. The Morgan fingerprint density at radius 3 is 2.78 bits per heavy atom. The molecule has 1 aliphatic rings. The van der Waals surface area contributed by atoms with Crippen molar-refractivity contribution in [2.45, 2.75) is 26.4 Å². The normalized spacial score (nSPS) is 16.7. The molecule has 0 radical (unpaired) electrons. The van der Waals surface area contributed by atoms with Gasteiger partial charge in [0.2, 0.25) is 0 Å². The van der Waals surface area contributed by atoms with E-state index in [1.807, 2.05) is 36.6 Å². The van der Waals surface area contributed by atoms with Crippen LogP contribution < -0.4 is 5.32 Å². The van der Waals surface area contributed by atoms with E-state index in [1.165, 1.54) is 9.75 Å². The predicted molar refractivity (Wildman–Crippen MR) is 107 cm³/mol. The average Bonchev–Trinajstić information content (AvgIpc) is 3.41. The van der Waals surface area contributed by atoms with Crippen LogP contribution >= 0.6 is 11.3 Å². The minimum atomic E-state index is 0.369. The van der Waals surface area contributed by atoms with Gasteiger partial charge in [-0.25, -0.2) is 0 Å². The van der Waals surface area contributed by atoms with Crippen LogP contribution in [0.1, 0.15) is 27.1 Å². The third-order valence-corrected chi connectivity index (χ3v) is 6.04. The Balaban J connectivity index is 1.43. The van der Waals surface area contributed by atoms with Gasteiger partial charge < -0.3 is 14.5 Å². The number of hydrogen-bond donors (Lipinski definition) is 2. The Morgan fingerprint density at radius 1 is 1.22 bits per heavy atom. The first-order valence-electron chi connectivity index (χ1n) is 9.38. The second-order valence-electron chi connectivity index (χ2n) is 6.92. The van der Waals surface area contributed by atoms with Gasteiger partial charge >= 0.3 is 0 Å². The molecular formula is C20H26N4O2S. The topological polar surface area (TPSA) is 66.3 Å². The Labute approximate surface area is 163 Å². The number of rotatable bonds is 7. The zero-order chi connectivity index (χ0) is 18.6. The van der Waals surface area contributed by atoms with Gasteiger partial charge in [0.1, 0.15) is 11.5 Å². The van der Waals surface area contributed by atoms with Crippen molar-refractivity contribution < 1.29 is 9.15 Å². The van der Waals surface area contributed by atoms with E-state index < -0.39 is 0 Å². The first kappa shape index (κ1) is 18.4. The monoisotopic (exact) mass is 386 g/mol. The van der Waals surface area contributed by atoms with Crippen LogP contribution in [0, 0.1) is 13.8 Å². The van der Waals surface area contributed by atoms with Crippen molar-refractivity contribution in [2.75, 3.05) is 32.8 Å². The minimum absolute atomic E-state index is 0.369. The Morgan fingerprint density at radius 2 is 2.07 bits per heavy atom. The molecule has 0 spiro atoms. The molecule has 3 aromatic rings. The third-order valence-electron chi connectivity index (χ3n) is 4.93. The fourth-order valence-electron chi connectivity index (χ4n) is 3.50. The van der Waals surface area contributed by atoms with E-state index in [0.717, 1.165) is 62.2 Å². The van der Waals surface area contributed by atoms with Crippen molar-refractivity contribution in [3.8, 4) is 11.5 Å². The van der Waals surface area contributed by atoms with Gasteiger partial charge in [0, 0.05) is 41.5 Å². The summed E-state index contributed by atoms with van der Waals surface area (Å²) in [5.74, 6) is 1.74. The standard InChI is InChI=1S/C20H26N4O2S/c1-14-3-5-18(26-14)20-16(12-22-23-20)11-21-13-17(19-6-4-15(2)27-19)24-7-9-25-10-8-24/h3-6,12,17,21H,7-11,13H2,1-2H3,(H,22,23). The van der Waals surface area contributed by atoms with Crippen LogP contribution in [-0.2, 0) is 11.3 Å². The molecule has 4 heterocycles. The van der Waals surface area contributed by atoms with E-state index in [1.54, 1.807) is 0 Å². The fourth-order valence-corrected chi connectivity index (χ4v) is 4.51. The van der Waals surface area contributed by atoms with Gasteiger partial charge in [-0.1, -0.05) is 0 Å². The Bertz CT molecular complexity index is 863. The number of furan rings is 1. The number of aromatic amines is 1. The highest BCUT2D eigenvalue weighted by Gasteiger charge is 2.23. The molecule has 2 N–H and O–H groups in total. The summed E-state index contributed by atoms with van der Waals surface area (Å²) in [6.07, 6.45) is 1.87. The zero-order valence-corrected chi connectivity index (χ0v) is 16.6. The average molecular weight is 387 g/mol. The van der Waals surface area contributed by atoms with E-state index in [2.05, 4.69) is 39.5 Å². The second kappa shape index (κ2) is 8.39. The summed E-state index contributed by atoms with van der Waals surface area (Å²) in [6.45, 7) is 9.33. The van der Waals surface area contributed by atoms with Gasteiger partial charge in [0.05, 0.1) is 25.5 Å². The smallest absolute Gasteiger partial charge is 0.152 e. The van der Waals surface area contributed by atoms with Crippen molar-refractivity contribution in [3.05, 3.63) is 51.5 Å². The highest BCUT2D eigenvalue weighted by atomic mass is 32.1. The lowest BCUT2D eigenvalue weighted by Crippen LogP contribution is -2.42. The highest BCUT2D eigenvalue weighted by molar-refractivity contribution is 7.12. The lowest BCUT2D eigenvalue weighted by Gasteiger charge is -2.34. The van der Waals surface area contributed by atoms with E-state index in [9.17, 15) is 0 Å². The number of thiophene rings is 1. The molecule has 4 rings (SSSR count). The van der Waals surface area contributed by atoms with E-state index in [-0.39, 0.29) is 0 Å². The molecular weight excluding hydrogens is 360 g/mol. The molecule has 7 heteroatoms. The van der Waals surface area contributed by atoms with Gasteiger partial charge in [0.15, 0.2) is 5.76 Å². The maximum atomic E-state index is 5.74. The Hall–Kier alpha value is -1.93. The number of aryl methyl sites for hydroxylation is 2. The summed E-state index contributed by atoms with van der Waals surface area (Å²) >= 11 is 1.88. The van der Waals surface area contributed by atoms with Crippen molar-refractivity contribution in [1.82, 2.24) is 20.4 Å². The van der Waals surface area contributed by atoms with Gasteiger partial charge in [-0.15, -0.1) is 11.3 Å². The SMILES string of the molecule is Cc1ccc(-c2[nH]ncc2CNCC(c2ccc(C)s2)N2CCOCC2)o1. The molecule has 0 aromatic carbocycles. The van der Waals surface area contributed by atoms with E-state index in [0.29, 0.717) is 6.04 Å². The fraction of sp³-hybridized carbons (Fsp3) is 0.450. The van der Waals surface area contributed by atoms with Gasteiger partial charge in [-0.05, 0) is 38.1 Å². The van der Waals surface area contributed by atoms with Crippen LogP contribution in [0.25, 0.3) is 11.5 Å². The maximum Gasteiger partial charge on any atom is 0.152 e. The lowest BCUT2D eigenvalue weighted by molar-refractivity contribution is 0.0168. The summed E-state index contributed by atoms with van der Waals surface area (Å²) in [7, 11) is 0. The van der Waals surface area contributed by atoms with Crippen LogP contribution in [0.5, 0.6) is 0 Å². The molecule has 1 unspecified atom stereocenters. The molecule has 3 aromatic heterocycles. The van der Waals surface area contributed by atoms with Crippen LogP contribution in [0.15, 0.2) is 34.9 Å². The molecule has 6 nitrogen and oxygen atoms in total. The van der Waals surface area contributed by atoms with Crippen LogP contribution in [0.3, 0.4) is 0 Å². The summed E-state index contributed by atoms with van der Waals surface area (Å²) in [5, 5.41) is 10.9. The molecule has 1 aliphatic heterocycles. The molecule has 1 atom stereocenters. The predicted octanol–water partition coefficient (Wildman–Crippen LogP) is 3.51. The number of H-pyrrole nitrogens is 1. The van der Waals surface area contributed by atoms with Crippen LogP contribution in [0.4, 0.5) is 0 Å². The number of aromatic nitrogens is 2. The maximum absolute atomic E-state index is 5.74. The molecule has 27 heavy (non-hydrogen) atoms. The molecule has 0 amide bonds. The largest absolute Gasteiger partial charge is 0.460 e. The third kappa shape index (κ3) is 4.32. The first-order chi connectivity index (χ1) is 13.2. The van der Waals surface area contributed by atoms with Gasteiger partial charge in [-0.3, -0.25) is 10.00 Å². The number of nitrogens with zero attached hydrogens (tertiary/aromatic N) is 2. The van der Waals surface area contributed by atoms with Crippen molar-refractivity contribution >= 4 is 11.3 Å². The van der Waals surface area contributed by atoms with Crippen LogP contribution in [-0.4, -0.2) is 47.9 Å². The molecule has 144 valence electrons. The first-order valence-corrected chi connectivity index (χ1v) is 10.2. The van der Waals surface area contributed by atoms with Crippen LogP contribution in [0.2, 0.25) is 0 Å². The number of morpholine rings is 1. The number of ether oxygens (including phenoxy) is 1. The zero-order valence-electron chi connectivity index (χ0n) is 15.8. The number of nitrogens with one attached hydrogen (secondary N) is 2. The molecule has 0 saturated carbocycles. The Kier molecular flexibility index (Phi) is 5.73. The highest BCUT2D eigenvalue weighted by Crippen LogP contribution is 2.28. The van der Waals surface area contributed by atoms with E-state index in [4.69, 9.17) is 9.15 Å². The molecule has 0 aliphatic carbocycles.